The molecule has 1 heterocycles. The van der Waals surface area contributed by atoms with E-state index in [4.69, 9.17) is 16.4 Å². The van der Waals surface area contributed by atoms with Gasteiger partial charge in [0.1, 0.15) is 5.04 Å². The summed E-state index contributed by atoms with van der Waals surface area (Å²) in [5.41, 5.74) is 1.77. The lowest BCUT2D eigenvalue weighted by Crippen LogP contribution is -2.43. The first kappa shape index (κ1) is 14.0. The average molecular weight is 322 g/mol. The van der Waals surface area contributed by atoms with Crippen LogP contribution < -0.4 is 0 Å². The second kappa shape index (κ2) is 4.20. The molecule has 21 heavy (non-hydrogen) atoms. The molecular formula is C17H20ClNOS. The van der Waals surface area contributed by atoms with Crippen LogP contribution in [0.25, 0.3) is 0 Å². The molecule has 0 N–H and O–H groups in total. The molecule has 1 aromatic rings. The fourth-order valence-corrected chi connectivity index (χ4v) is 6.10. The molecule has 1 aliphatic heterocycles. The summed E-state index contributed by atoms with van der Waals surface area (Å²) >= 11 is 7.79. The van der Waals surface area contributed by atoms with Crippen molar-refractivity contribution in [3.8, 4) is 0 Å². The summed E-state index contributed by atoms with van der Waals surface area (Å²) in [4.78, 5) is 5.90. The maximum Gasteiger partial charge on any atom is 0.194 e. The maximum atomic E-state index is 6.05. The molecule has 1 spiro atoms. The van der Waals surface area contributed by atoms with E-state index in [0.717, 1.165) is 28.0 Å². The Morgan fingerprint density at radius 1 is 1.19 bits per heavy atom. The number of nitrogens with zero attached hydrogens (tertiary/aromatic N) is 1. The number of benzene rings is 1. The first-order valence-corrected chi connectivity index (χ1v) is 8.74. The van der Waals surface area contributed by atoms with Crippen molar-refractivity contribution in [3.63, 3.8) is 0 Å². The topological polar surface area (TPSA) is 21.6 Å². The highest BCUT2D eigenvalue weighted by molar-refractivity contribution is 8.15. The highest BCUT2D eigenvalue weighted by Crippen LogP contribution is 2.72. The molecular weight excluding hydrogens is 302 g/mol. The summed E-state index contributed by atoms with van der Waals surface area (Å²) in [6.07, 6.45) is 3.60. The lowest BCUT2D eigenvalue weighted by atomic mass is 9.71. The number of hydrogen-bond donors (Lipinski definition) is 0. The Kier molecular flexibility index (Phi) is 2.79. The van der Waals surface area contributed by atoms with Crippen LogP contribution in [-0.2, 0) is 4.84 Å². The SMILES string of the molecule is CC1(C)C[C@@]2(C)C[C@@H]1C[C@]21ON=C(c2ccc(Cl)cc2)S1. The number of rotatable bonds is 1. The molecule has 1 aromatic carbocycles. The maximum absolute atomic E-state index is 6.05. The van der Waals surface area contributed by atoms with Crippen LogP contribution in [0.4, 0.5) is 0 Å². The molecule has 3 atom stereocenters. The van der Waals surface area contributed by atoms with Crippen LogP contribution in [0, 0.1) is 16.7 Å². The first-order valence-electron chi connectivity index (χ1n) is 7.55. The molecule has 2 aliphatic carbocycles. The lowest BCUT2D eigenvalue weighted by molar-refractivity contribution is -0.0632. The molecule has 0 radical (unpaired) electrons. The molecule has 0 aromatic heterocycles. The van der Waals surface area contributed by atoms with Gasteiger partial charge in [0.15, 0.2) is 4.93 Å². The summed E-state index contributed by atoms with van der Waals surface area (Å²) < 4.78 is 0. The third-order valence-corrected chi connectivity index (χ3v) is 7.53. The zero-order chi connectivity index (χ0) is 14.9. The molecule has 2 bridgehead atoms. The van der Waals surface area contributed by atoms with E-state index >= 15 is 0 Å². The van der Waals surface area contributed by atoms with Crippen LogP contribution in [0.2, 0.25) is 5.02 Å². The molecule has 2 fully saturated rings. The van der Waals surface area contributed by atoms with Crippen molar-refractivity contribution in [1.29, 1.82) is 0 Å². The van der Waals surface area contributed by atoms with Crippen LogP contribution in [0.15, 0.2) is 29.4 Å². The zero-order valence-electron chi connectivity index (χ0n) is 12.6. The van der Waals surface area contributed by atoms with Gasteiger partial charge in [0, 0.05) is 22.4 Å². The predicted molar refractivity (Wildman–Crippen MR) is 88.6 cm³/mol. The molecule has 3 aliphatic rings. The summed E-state index contributed by atoms with van der Waals surface area (Å²) in [6, 6.07) is 7.87. The van der Waals surface area contributed by atoms with E-state index < -0.39 is 0 Å². The van der Waals surface area contributed by atoms with Gasteiger partial charge in [0.25, 0.3) is 0 Å². The molecule has 0 saturated heterocycles. The summed E-state index contributed by atoms with van der Waals surface area (Å²) in [5, 5.41) is 6.17. The zero-order valence-corrected chi connectivity index (χ0v) is 14.2. The van der Waals surface area contributed by atoms with Crippen LogP contribution in [-0.4, -0.2) is 9.98 Å². The van der Waals surface area contributed by atoms with Gasteiger partial charge in [-0.15, -0.1) is 0 Å². The van der Waals surface area contributed by atoms with E-state index in [1.807, 2.05) is 36.0 Å². The number of fused-ring (bicyclic) bond motifs is 3. The van der Waals surface area contributed by atoms with Crippen molar-refractivity contribution in [1.82, 2.24) is 0 Å². The van der Waals surface area contributed by atoms with E-state index in [9.17, 15) is 0 Å². The molecule has 112 valence electrons. The highest BCUT2D eigenvalue weighted by atomic mass is 35.5. The van der Waals surface area contributed by atoms with E-state index in [-0.39, 0.29) is 10.3 Å². The Bertz CT molecular complexity index is 626. The fraction of sp³-hybridized carbons (Fsp3) is 0.588. The largest absolute Gasteiger partial charge is 0.376 e. The molecule has 4 heteroatoms. The van der Waals surface area contributed by atoms with Gasteiger partial charge >= 0.3 is 0 Å². The second-order valence-corrected chi connectivity index (χ2v) is 9.37. The van der Waals surface area contributed by atoms with Gasteiger partial charge < -0.3 is 4.84 Å². The number of halogens is 1. The van der Waals surface area contributed by atoms with Gasteiger partial charge in [-0.05, 0) is 36.3 Å². The summed E-state index contributed by atoms with van der Waals surface area (Å²) in [6.45, 7) is 7.18. The van der Waals surface area contributed by atoms with Gasteiger partial charge in [0.2, 0.25) is 0 Å². The quantitative estimate of drug-likeness (QED) is 0.699. The standard InChI is InChI=1S/C17H20ClNOS/c1-15(2)10-16(3)8-12(15)9-17(16)20-19-14(21-17)11-4-6-13(18)7-5-11/h4-7,12H,8-10H2,1-3H3/t12-,16-,17-/m1/s1. The van der Waals surface area contributed by atoms with Crippen molar-refractivity contribution < 1.29 is 4.84 Å². The van der Waals surface area contributed by atoms with Gasteiger partial charge in [-0.3, -0.25) is 0 Å². The lowest BCUT2D eigenvalue weighted by Gasteiger charge is -2.43. The van der Waals surface area contributed by atoms with E-state index in [2.05, 4.69) is 25.9 Å². The Morgan fingerprint density at radius 2 is 1.90 bits per heavy atom. The smallest absolute Gasteiger partial charge is 0.194 e. The van der Waals surface area contributed by atoms with Gasteiger partial charge in [0.05, 0.1) is 0 Å². The molecule has 2 nitrogen and oxygen atoms in total. The fourth-order valence-electron chi connectivity index (χ4n) is 4.58. The van der Waals surface area contributed by atoms with Crippen molar-refractivity contribution in [3.05, 3.63) is 34.9 Å². The normalized spacial score (nSPS) is 39.6. The average Bonchev–Trinajstić information content (AvgIpc) is 3.01. The molecule has 2 saturated carbocycles. The third kappa shape index (κ3) is 1.90. The van der Waals surface area contributed by atoms with Crippen molar-refractivity contribution in [2.45, 2.75) is 45.0 Å². The van der Waals surface area contributed by atoms with Gasteiger partial charge in [-0.1, -0.05) is 61.4 Å². The molecule has 0 unspecified atom stereocenters. The first-order chi connectivity index (χ1) is 9.84. The van der Waals surface area contributed by atoms with Crippen molar-refractivity contribution in [2.75, 3.05) is 0 Å². The Balaban J connectivity index is 1.60. The van der Waals surface area contributed by atoms with Gasteiger partial charge in [-0.2, -0.15) is 0 Å². The van der Waals surface area contributed by atoms with E-state index in [0.29, 0.717) is 5.41 Å². The third-order valence-electron chi connectivity index (χ3n) is 5.71. The highest BCUT2D eigenvalue weighted by Gasteiger charge is 2.69. The molecule has 0 amide bonds. The minimum atomic E-state index is -0.151. The summed E-state index contributed by atoms with van der Waals surface area (Å²) in [5.74, 6) is 0.745. The van der Waals surface area contributed by atoms with Crippen LogP contribution in [0.1, 0.15) is 45.6 Å². The van der Waals surface area contributed by atoms with Crippen molar-refractivity contribution >= 4 is 28.4 Å². The number of hydrogen-bond acceptors (Lipinski definition) is 3. The Morgan fingerprint density at radius 3 is 2.48 bits per heavy atom. The minimum Gasteiger partial charge on any atom is -0.376 e. The monoisotopic (exact) mass is 321 g/mol. The minimum absolute atomic E-state index is 0.151. The van der Waals surface area contributed by atoms with Crippen LogP contribution in [0.3, 0.4) is 0 Å². The van der Waals surface area contributed by atoms with E-state index in [1.165, 1.54) is 12.8 Å². The number of thioether (sulfide) groups is 1. The predicted octanol–water partition coefficient (Wildman–Crippen LogP) is 5.31. The van der Waals surface area contributed by atoms with E-state index in [1.54, 1.807) is 0 Å². The molecule has 4 rings (SSSR count). The Labute approximate surface area is 135 Å². The summed E-state index contributed by atoms with van der Waals surface area (Å²) in [7, 11) is 0. The van der Waals surface area contributed by atoms with Crippen LogP contribution in [0.5, 0.6) is 0 Å². The second-order valence-electron chi connectivity index (χ2n) is 7.68. The Hall–Kier alpha value is -0.670. The van der Waals surface area contributed by atoms with Crippen LogP contribution >= 0.6 is 23.4 Å². The van der Waals surface area contributed by atoms with Crippen molar-refractivity contribution in [2.24, 2.45) is 21.9 Å². The van der Waals surface area contributed by atoms with Gasteiger partial charge in [-0.25, -0.2) is 0 Å². The number of oxime groups is 1.